The van der Waals surface area contributed by atoms with Gasteiger partial charge in [-0.25, -0.2) is 4.98 Å². The number of fused-ring (bicyclic) bond motifs is 1. The van der Waals surface area contributed by atoms with Gasteiger partial charge in [-0.2, -0.15) is 4.98 Å². The van der Waals surface area contributed by atoms with E-state index in [1.807, 2.05) is 24.3 Å². The third-order valence-electron chi connectivity index (χ3n) is 8.11. The number of hydrogen-bond acceptors (Lipinski definition) is 9. The van der Waals surface area contributed by atoms with E-state index in [4.69, 9.17) is 20.2 Å². The lowest BCUT2D eigenvalue weighted by atomic mass is 10.0. The number of rotatable bonds is 10. The summed E-state index contributed by atoms with van der Waals surface area (Å²) in [4.78, 5) is 38.6. The van der Waals surface area contributed by atoms with Crippen LogP contribution in [0.25, 0.3) is 0 Å². The molecule has 10 heteroatoms. The van der Waals surface area contributed by atoms with Gasteiger partial charge in [-0.3, -0.25) is 9.59 Å². The summed E-state index contributed by atoms with van der Waals surface area (Å²) < 4.78 is 11.3. The van der Waals surface area contributed by atoms with Gasteiger partial charge in [0.25, 0.3) is 0 Å². The van der Waals surface area contributed by atoms with Gasteiger partial charge in [0.15, 0.2) is 5.82 Å². The highest BCUT2D eigenvalue weighted by Crippen LogP contribution is 2.40. The van der Waals surface area contributed by atoms with Gasteiger partial charge < -0.3 is 30.3 Å². The molecule has 0 spiro atoms. The van der Waals surface area contributed by atoms with Crippen LogP contribution < -0.4 is 25.6 Å². The normalized spacial score (nSPS) is 20.7. The maximum Gasteiger partial charge on any atom is 0.323 e. The van der Waals surface area contributed by atoms with Crippen molar-refractivity contribution in [2.24, 2.45) is 5.73 Å². The highest BCUT2D eigenvalue weighted by Gasteiger charge is 2.41. The number of nitrogens with two attached hydrogens (primary N) is 1. The number of aromatic nitrogens is 2. The fraction of sp³-hybridized carbons (Fsp3) is 0.586. The van der Waals surface area contributed by atoms with Crippen molar-refractivity contribution >= 4 is 35.0 Å². The topological polar surface area (TPSA) is 123 Å². The van der Waals surface area contributed by atoms with Crippen molar-refractivity contribution in [3.05, 3.63) is 30.5 Å². The Morgan fingerprint density at radius 2 is 1.82 bits per heavy atom. The van der Waals surface area contributed by atoms with Crippen LogP contribution >= 0.6 is 0 Å². The molecule has 3 N–H and O–H groups in total. The summed E-state index contributed by atoms with van der Waals surface area (Å²) in [6.45, 7) is 2.38. The van der Waals surface area contributed by atoms with Crippen molar-refractivity contribution in [3.8, 4) is 5.75 Å². The number of nitrogens with one attached hydrogen (secondary N) is 1. The molecule has 0 saturated heterocycles. The van der Waals surface area contributed by atoms with E-state index in [1.54, 1.807) is 18.1 Å². The molecule has 1 aliphatic heterocycles. The van der Waals surface area contributed by atoms with E-state index in [9.17, 15) is 9.59 Å². The zero-order valence-electron chi connectivity index (χ0n) is 23.0. The lowest BCUT2D eigenvalue weighted by Crippen LogP contribution is -2.55. The summed E-state index contributed by atoms with van der Waals surface area (Å²) in [5.74, 6) is 1.73. The van der Waals surface area contributed by atoms with Crippen LogP contribution in [0, 0.1) is 0 Å². The molecular weight excluding hydrogens is 496 g/mol. The predicted molar refractivity (Wildman–Crippen MR) is 150 cm³/mol. The Bertz CT molecular complexity index is 1150. The number of anilines is 4. The van der Waals surface area contributed by atoms with E-state index in [0.717, 1.165) is 62.1 Å². The van der Waals surface area contributed by atoms with Crippen LogP contribution in [0.3, 0.4) is 0 Å². The van der Waals surface area contributed by atoms with Gasteiger partial charge in [-0.05, 0) is 69.2 Å². The predicted octanol–water partition coefficient (Wildman–Crippen LogP) is 4.31. The Morgan fingerprint density at radius 3 is 2.51 bits per heavy atom. The number of nitrogens with zero attached hydrogens (tertiary/aromatic N) is 4. The lowest BCUT2D eigenvalue weighted by molar-refractivity contribution is -0.150. The van der Waals surface area contributed by atoms with Crippen molar-refractivity contribution in [1.82, 2.24) is 9.97 Å². The Morgan fingerprint density at radius 1 is 1.13 bits per heavy atom. The maximum absolute atomic E-state index is 13.1. The minimum atomic E-state index is -0.682. The van der Waals surface area contributed by atoms with Gasteiger partial charge in [0, 0.05) is 25.2 Å². The second-order valence-electron chi connectivity index (χ2n) is 10.8. The van der Waals surface area contributed by atoms with E-state index in [2.05, 4.69) is 22.1 Å². The molecule has 5 rings (SSSR count). The monoisotopic (exact) mass is 536 g/mol. The first-order chi connectivity index (χ1) is 18.9. The van der Waals surface area contributed by atoms with Crippen molar-refractivity contribution in [1.29, 1.82) is 0 Å². The third-order valence-corrected chi connectivity index (χ3v) is 8.11. The number of amides is 1. The van der Waals surface area contributed by atoms with Gasteiger partial charge in [0.05, 0.1) is 12.8 Å². The first kappa shape index (κ1) is 27.2. The number of ether oxygens (including phenoxy) is 2. The number of likely N-dealkylation sites (N-methyl/N-ethyl adjacent to an activating group) is 1. The van der Waals surface area contributed by atoms with Gasteiger partial charge >= 0.3 is 5.97 Å². The van der Waals surface area contributed by atoms with E-state index in [1.165, 1.54) is 12.8 Å². The number of carbonyl (C=O) groups is 2. The van der Waals surface area contributed by atoms with Crippen molar-refractivity contribution in [3.63, 3.8) is 0 Å². The molecule has 39 heavy (non-hydrogen) atoms. The number of carbonyl (C=O) groups excluding carboxylic acids is 2. The largest absolute Gasteiger partial charge is 0.494 e. The minimum absolute atomic E-state index is 0.0193. The lowest BCUT2D eigenvalue weighted by Gasteiger charge is -2.43. The fourth-order valence-corrected chi connectivity index (χ4v) is 5.89. The van der Waals surface area contributed by atoms with Crippen LogP contribution in [0.5, 0.6) is 5.75 Å². The SMILES string of the molecule is CC[C@@H]1C(=O)N(C)c2cnc(Nc3ccc(OCCC(N)C(=O)OC4CCCC4)cc3)nc2N1C1CCCC1. The summed E-state index contributed by atoms with van der Waals surface area (Å²) >= 11 is 0. The van der Waals surface area contributed by atoms with Crippen LogP contribution in [0.2, 0.25) is 0 Å². The van der Waals surface area contributed by atoms with Crippen molar-refractivity contribution in [2.75, 3.05) is 28.8 Å². The molecule has 210 valence electrons. The molecule has 3 aliphatic rings. The summed E-state index contributed by atoms with van der Waals surface area (Å²) in [5.41, 5.74) is 7.56. The quantitative estimate of drug-likeness (QED) is 0.428. The molecule has 2 heterocycles. The van der Waals surface area contributed by atoms with Crippen LogP contribution in [-0.2, 0) is 14.3 Å². The smallest absolute Gasteiger partial charge is 0.323 e. The molecule has 1 amide bonds. The molecule has 2 atom stereocenters. The zero-order chi connectivity index (χ0) is 27.4. The van der Waals surface area contributed by atoms with E-state index in [0.29, 0.717) is 30.8 Å². The van der Waals surface area contributed by atoms with Crippen LogP contribution in [-0.4, -0.2) is 59.7 Å². The van der Waals surface area contributed by atoms with E-state index in [-0.39, 0.29) is 24.0 Å². The Hall–Kier alpha value is -3.40. The molecule has 1 unspecified atom stereocenters. The maximum atomic E-state index is 13.1. The number of esters is 1. The van der Waals surface area contributed by atoms with Crippen LogP contribution in [0.4, 0.5) is 23.1 Å². The Balaban J connectivity index is 1.19. The van der Waals surface area contributed by atoms with Gasteiger partial charge in [-0.1, -0.05) is 19.8 Å². The molecular formula is C29H40N6O4. The Labute approximate surface area is 230 Å². The average molecular weight is 537 g/mol. The zero-order valence-corrected chi connectivity index (χ0v) is 23.0. The number of benzene rings is 1. The standard InChI is InChI=1S/C29H40N6O4/c1-3-24-27(36)34(2)25-18-31-29(33-26(25)35(24)20-8-4-5-9-20)32-19-12-14-21(15-13-19)38-17-16-23(30)28(37)39-22-10-6-7-11-22/h12-15,18,20,22-24H,3-11,16-17,30H2,1-2H3,(H,31,32,33)/t23?,24-/m1/s1. The third kappa shape index (κ3) is 6.11. The molecule has 0 radical (unpaired) electrons. The molecule has 2 aromatic rings. The molecule has 2 saturated carbocycles. The van der Waals surface area contributed by atoms with Gasteiger partial charge in [-0.15, -0.1) is 0 Å². The molecule has 2 aliphatic carbocycles. The summed E-state index contributed by atoms with van der Waals surface area (Å²) in [7, 11) is 1.80. The summed E-state index contributed by atoms with van der Waals surface area (Å²) in [5, 5.41) is 3.29. The number of hydrogen-bond donors (Lipinski definition) is 2. The highest BCUT2D eigenvalue weighted by molar-refractivity contribution is 6.04. The Kier molecular flexibility index (Phi) is 8.50. The van der Waals surface area contributed by atoms with Crippen molar-refractivity contribution in [2.45, 2.75) is 95.4 Å². The van der Waals surface area contributed by atoms with Gasteiger partial charge in [0.1, 0.15) is 29.6 Å². The summed E-state index contributed by atoms with van der Waals surface area (Å²) in [6, 6.07) is 6.93. The van der Waals surface area contributed by atoms with Crippen LogP contribution in [0.1, 0.15) is 71.1 Å². The molecule has 2 fully saturated rings. The summed E-state index contributed by atoms with van der Waals surface area (Å²) in [6.07, 6.45) is 11.5. The first-order valence-corrected chi connectivity index (χ1v) is 14.3. The molecule has 10 nitrogen and oxygen atoms in total. The molecule has 1 aromatic heterocycles. The second kappa shape index (κ2) is 12.2. The average Bonchev–Trinajstić information content (AvgIpc) is 3.66. The first-order valence-electron chi connectivity index (χ1n) is 14.3. The highest BCUT2D eigenvalue weighted by atomic mass is 16.5. The molecule has 0 bridgehead atoms. The van der Waals surface area contributed by atoms with Crippen LogP contribution in [0.15, 0.2) is 30.5 Å². The minimum Gasteiger partial charge on any atom is -0.494 e. The van der Waals surface area contributed by atoms with Gasteiger partial charge in [0.2, 0.25) is 11.9 Å². The fourth-order valence-electron chi connectivity index (χ4n) is 5.89. The van der Waals surface area contributed by atoms with Crippen molar-refractivity contribution < 1.29 is 19.1 Å². The second-order valence-corrected chi connectivity index (χ2v) is 10.8. The molecule has 1 aromatic carbocycles. The van der Waals surface area contributed by atoms with E-state index < -0.39 is 6.04 Å². The van der Waals surface area contributed by atoms with E-state index >= 15 is 0 Å².